The highest BCUT2D eigenvalue weighted by Gasteiger charge is 2.26. The van der Waals surface area contributed by atoms with E-state index in [-0.39, 0.29) is 36.8 Å². The minimum atomic E-state index is 0. The lowest BCUT2D eigenvalue weighted by molar-refractivity contribution is -0.117. The van der Waals surface area contributed by atoms with Crippen molar-refractivity contribution in [1.82, 2.24) is 9.88 Å². The summed E-state index contributed by atoms with van der Waals surface area (Å²) in [6, 6.07) is 0.189. The molecule has 3 rings (SSSR count). The van der Waals surface area contributed by atoms with E-state index in [2.05, 4.69) is 27.5 Å². The van der Waals surface area contributed by atoms with Gasteiger partial charge in [0.2, 0.25) is 5.91 Å². The normalized spacial score (nSPS) is 26.6. The quantitative estimate of drug-likeness (QED) is 0.779. The van der Waals surface area contributed by atoms with Crippen LogP contribution in [-0.4, -0.2) is 34.9 Å². The van der Waals surface area contributed by atoms with Gasteiger partial charge in [0.15, 0.2) is 5.13 Å². The Hall–Kier alpha value is -0.400. The van der Waals surface area contributed by atoms with Crippen LogP contribution in [-0.2, 0) is 11.3 Å². The van der Waals surface area contributed by atoms with Crippen LogP contribution >= 0.6 is 36.2 Å². The molecule has 8 heteroatoms. The predicted octanol–water partition coefficient (Wildman–Crippen LogP) is 3.67. The number of likely N-dealkylation sites (tertiary alicyclic amines) is 1. The Morgan fingerprint density at radius 2 is 2.16 bits per heavy atom. The van der Waals surface area contributed by atoms with Gasteiger partial charge >= 0.3 is 0 Å². The number of thiazole rings is 1. The van der Waals surface area contributed by atoms with Gasteiger partial charge in [-0.05, 0) is 44.1 Å². The Morgan fingerprint density at radius 3 is 2.84 bits per heavy atom. The number of carbonyl (C=O) groups excluding carboxylic acids is 1. The van der Waals surface area contributed by atoms with Crippen molar-refractivity contribution in [2.75, 3.05) is 18.4 Å². The van der Waals surface area contributed by atoms with E-state index in [1.807, 2.05) is 0 Å². The Bertz CT molecular complexity index is 542. The lowest BCUT2D eigenvalue weighted by atomic mass is 10.00. The zero-order chi connectivity index (χ0) is 16.2. The first kappa shape index (κ1) is 22.6. The van der Waals surface area contributed by atoms with Crippen molar-refractivity contribution in [1.29, 1.82) is 0 Å². The van der Waals surface area contributed by atoms with Gasteiger partial charge in [-0.25, -0.2) is 4.98 Å². The molecular weight excluding hydrogens is 379 g/mol. The van der Waals surface area contributed by atoms with Gasteiger partial charge in [-0.3, -0.25) is 9.69 Å². The van der Waals surface area contributed by atoms with E-state index in [9.17, 15) is 4.79 Å². The van der Waals surface area contributed by atoms with Crippen molar-refractivity contribution < 1.29 is 4.79 Å². The number of nitrogens with one attached hydrogen (secondary N) is 1. The van der Waals surface area contributed by atoms with E-state index in [1.54, 1.807) is 0 Å². The van der Waals surface area contributed by atoms with Gasteiger partial charge in [0, 0.05) is 30.9 Å². The third kappa shape index (κ3) is 6.68. The average Bonchev–Trinajstić information content (AvgIpc) is 3.09. The minimum Gasteiger partial charge on any atom is -0.327 e. The smallest absolute Gasteiger partial charge is 0.226 e. The highest BCUT2D eigenvalue weighted by molar-refractivity contribution is 7.13. The van der Waals surface area contributed by atoms with E-state index < -0.39 is 0 Å². The summed E-state index contributed by atoms with van der Waals surface area (Å²) in [6.45, 7) is 5.51. The Labute approximate surface area is 167 Å². The van der Waals surface area contributed by atoms with Gasteiger partial charge in [0.25, 0.3) is 0 Å². The molecular formula is C17H30Cl2N4OS. The number of hydrogen-bond acceptors (Lipinski definition) is 5. The van der Waals surface area contributed by atoms with Crippen molar-refractivity contribution in [3.05, 3.63) is 11.1 Å². The van der Waals surface area contributed by atoms with Gasteiger partial charge in [0.05, 0.1) is 5.69 Å². The fourth-order valence-electron chi connectivity index (χ4n) is 3.82. The van der Waals surface area contributed by atoms with Crippen molar-refractivity contribution in [3.63, 3.8) is 0 Å². The largest absolute Gasteiger partial charge is 0.327 e. The number of piperidine rings is 1. The fourth-order valence-corrected chi connectivity index (χ4v) is 4.54. The molecule has 1 saturated heterocycles. The molecule has 1 saturated carbocycles. The van der Waals surface area contributed by atoms with Crippen LogP contribution in [0, 0.1) is 11.8 Å². The van der Waals surface area contributed by atoms with E-state index in [1.165, 1.54) is 24.2 Å². The highest BCUT2D eigenvalue weighted by Crippen LogP contribution is 2.27. The third-order valence-electron chi connectivity index (χ3n) is 5.09. The maximum atomic E-state index is 12.1. The maximum Gasteiger partial charge on any atom is 0.226 e. The summed E-state index contributed by atoms with van der Waals surface area (Å²) in [6.07, 6.45) is 6.40. The first-order chi connectivity index (χ1) is 11.1. The average molecular weight is 409 g/mol. The molecule has 1 aromatic rings. The molecule has 0 bridgehead atoms. The second-order valence-corrected chi connectivity index (χ2v) is 8.09. The molecule has 2 fully saturated rings. The van der Waals surface area contributed by atoms with E-state index >= 15 is 0 Å². The molecule has 3 N–H and O–H groups in total. The first-order valence-corrected chi connectivity index (χ1v) is 9.70. The molecule has 1 aromatic heterocycles. The number of halogens is 2. The number of rotatable bonds is 5. The van der Waals surface area contributed by atoms with Crippen LogP contribution in [0.5, 0.6) is 0 Å². The number of amides is 1. The molecule has 3 atom stereocenters. The minimum absolute atomic E-state index is 0. The van der Waals surface area contributed by atoms with Gasteiger partial charge in [-0.1, -0.05) is 13.3 Å². The third-order valence-corrected chi connectivity index (χ3v) is 5.90. The number of anilines is 1. The molecule has 144 valence electrons. The van der Waals surface area contributed by atoms with Gasteiger partial charge in [-0.15, -0.1) is 36.2 Å². The van der Waals surface area contributed by atoms with Crippen molar-refractivity contribution in [2.24, 2.45) is 17.6 Å². The van der Waals surface area contributed by atoms with Gasteiger partial charge in [0.1, 0.15) is 0 Å². The standard InChI is InChI=1S/C17H28N4OS.2ClH/c1-12-4-3-7-21(9-12)10-14-11-23-17(19-14)20-16(22)8-13-5-2-6-15(13)18;;/h11-13,15H,2-10,18H2,1H3,(H,19,20,22);2*1H/t12?,13-,15+;;/m0../s1. The first-order valence-electron chi connectivity index (χ1n) is 8.82. The monoisotopic (exact) mass is 408 g/mol. The summed E-state index contributed by atoms with van der Waals surface area (Å²) in [5, 5.41) is 5.74. The summed E-state index contributed by atoms with van der Waals surface area (Å²) in [5.41, 5.74) is 7.11. The van der Waals surface area contributed by atoms with Crippen molar-refractivity contribution >= 4 is 47.2 Å². The number of hydrogen-bond donors (Lipinski definition) is 2. The molecule has 1 unspecified atom stereocenters. The molecule has 25 heavy (non-hydrogen) atoms. The molecule has 2 aliphatic rings. The molecule has 0 radical (unpaired) electrons. The van der Waals surface area contributed by atoms with E-state index in [0.717, 1.165) is 55.6 Å². The Kier molecular flexibility index (Phi) is 9.67. The molecule has 0 aromatic carbocycles. The lowest BCUT2D eigenvalue weighted by Crippen LogP contribution is -2.33. The van der Waals surface area contributed by atoms with Crippen molar-refractivity contribution in [3.8, 4) is 0 Å². The number of nitrogens with zero attached hydrogens (tertiary/aromatic N) is 2. The van der Waals surface area contributed by atoms with Crippen LogP contribution in [0.3, 0.4) is 0 Å². The van der Waals surface area contributed by atoms with Crippen molar-refractivity contribution in [2.45, 2.75) is 58.0 Å². The lowest BCUT2D eigenvalue weighted by Gasteiger charge is -2.30. The zero-order valence-electron chi connectivity index (χ0n) is 14.8. The summed E-state index contributed by atoms with van der Waals surface area (Å²) in [5.74, 6) is 1.17. The van der Waals surface area contributed by atoms with Gasteiger partial charge < -0.3 is 11.1 Å². The van der Waals surface area contributed by atoms with Crippen LogP contribution in [0.2, 0.25) is 0 Å². The second-order valence-electron chi connectivity index (χ2n) is 7.23. The SMILES string of the molecule is CC1CCCN(Cc2csc(NC(=O)C[C@@H]3CCC[C@H]3N)n2)C1.Cl.Cl. The summed E-state index contributed by atoms with van der Waals surface area (Å²) < 4.78 is 0. The van der Waals surface area contributed by atoms with Crippen LogP contribution < -0.4 is 11.1 Å². The fraction of sp³-hybridized carbons (Fsp3) is 0.765. The highest BCUT2D eigenvalue weighted by atomic mass is 35.5. The predicted molar refractivity (Wildman–Crippen MR) is 109 cm³/mol. The van der Waals surface area contributed by atoms with Crippen LogP contribution in [0.1, 0.15) is 51.1 Å². The molecule has 0 spiro atoms. The van der Waals surface area contributed by atoms with Gasteiger partial charge in [-0.2, -0.15) is 0 Å². The number of nitrogens with two attached hydrogens (primary N) is 1. The maximum absolute atomic E-state index is 12.1. The molecule has 5 nitrogen and oxygen atoms in total. The second kappa shape index (κ2) is 10.7. The molecule has 2 heterocycles. The van der Waals surface area contributed by atoms with Crippen LogP contribution in [0.4, 0.5) is 5.13 Å². The topological polar surface area (TPSA) is 71.2 Å². The number of carbonyl (C=O) groups is 1. The van der Waals surface area contributed by atoms with E-state index in [0.29, 0.717) is 12.3 Å². The summed E-state index contributed by atoms with van der Waals surface area (Å²) in [7, 11) is 0. The molecule has 1 aliphatic carbocycles. The summed E-state index contributed by atoms with van der Waals surface area (Å²) >= 11 is 1.52. The zero-order valence-corrected chi connectivity index (χ0v) is 17.2. The van der Waals surface area contributed by atoms with E-state index in [4.69, 9.17) is 5.73 Å². The number of aromatic nitrogens is 1. The van der Waals surface area contributed by atoms with Crippen LogP contribution in [0.15, 0.2) is 5.38 Å². The summed E-state index contributed by atoms with van der Waals surface area (Å²) in [4.78, 5) is 19.2. The van der Waals surface area contributed by atoms with Crippen LogP contribution in [0.25, 0.3) is 0 Å². The Morgan fingerprint density at radius 1 is 1.36 bits per heavy atom. The Balaban J connectivity index is 0.00000156. The molecule has 1 aliphatic heterocycles. The molecule has 1 amide bonds.